The van der Waals surface area contributed by atoms with Crippen molar-refractivity contribution < 1.29 is 9.53 Å². The van der Waals surface area contributed by atoms with Crippen molar-refractivity contribution in [2.75, 3.05) is 0 Å². The van der Waals surface area contributed by atoms with E-state index >= 15 is 0 Å². The Morgan fingerprint density at radius 3 is 2.76 bits per heavy atom. The maximum absolute atomic E-state index is 10.5. The van der Waals surface area contributed by atoms with Crippen LogP contribution in [0, 0.1) is 0 Å². The van der Waals surface area contributed by atoms with Gasteiger partial charge in [0.2, 0.25) is 0 Å². The molecule has 21 heavy (non-hydrogen) atoms. The molecule has 0 aromatic heterocycles. The monoisotopic (exact) mass is 303 g/mol. The molecular formula is C15H14ClN3O2. The van der Waals surface area contributed by atoms with Crippen LogP contribution in [0.2, 0.25) is 5.02 Å². The van der Waals surface area contributed by atoms with Crippen molar-refractivity contribution >= 4 is 23.8 Å². The normalized spacial score (nSPS) is 10.5. The number of carbonyl (C=O) groups excluding carboxylic acids is 1. The van der Waals surface area contributed by atoms with Crippen LogP contribution in [-0.4, -0.2) is 12.2 Å². The van der Waals surface area contributed by atoms with Crippen LogP contribution in [0.15, 0.2) is 53.6 Å². The molecule has 0 aliphatic carbocycles. The number of rotatable bonds is 5. The van der Waals surface area contributed by atoms with Gasteiger partial charge < -0.3 is 10.5 Å². The van der Waals surface area contributed by atoms with Gasteiger partial charge in [-0.25, -0.2) is 10.2 Å². The molecule has 0 aliphatic rings. The third-order valence-corrected chi connectivity index (χ3v) is 2.82. The van der Waals surface area contributed by atoms with E-state index in [-0.39, 0.29) is 0 Å². The van der Waals surface area contributed by atoms with E-state index in [0.717, 1.165) is 11.1 Å². The molecule has 0 saturated carbocycles. The van der Waals surface area contributed by atoms with Crippen molar-refractivity contribution in [3.05, 3.63) is 64.7 Å². The molecular weight excluding hydrogens is 290 g/mol. The first-order chi connectivity index (χ1) is 10.1. The Morgan fingerprint density at radius 2 is 2.05 bits per heavy atom. The number of nitrogens with two attached hydrogens (primary N) is 1. The number of primary amides is 1. The number of ether oxygens (including phenoxy) is 1. The Morgan fingerprint density at radius 1 is 1.29 bits per heavy atom. The maximum atomic E-state index is 10.5. The molecule has 2 aromatic carbocycles. The van der Waals surface area contributed by atoms with Gasteiger partial charge in [-0.15, -0.1) is 0 Å². The van der Waals surface area contributed by atoms with E-state index in [1.165, 1.54) is 6.21 Å². The Balaban J connectivity index is 1.96. The molecule has 0 aliphatic heterocycles. The van der Waals surface area contributed by atoms with E-state index in [4.69, 9.17) is 22.1 Å². The summed E-state index contributed by atoms with van der Waals surface area (Å²) in [6, 6.07) is 14.1. The van der Waals surface area contributed by atoms with Crippen LogP contribution < -0.4 is 15.9 Å². The highest BCUT2D eigenvalue weighted by Gasteiger charge is 1.98. The second-order valence-corrected chi connectivity index (χ2v) is 4.66. The average Bonchev–Trinajstić information content (AvgIpc) is 2.47. The predicted octanol–water partition coefficient (Wildman–Crippen LogP) is 2.92. The lowest BCUT2D eigenvalue weighted by Crippen LogP contribution is -2.24. The van der Waals surface area contributed by atoms with Crippen molar-refractivity contribution in [1.29, 1.82) is 0 Å². The summed E-state index contributed by atoms with van der Waals surface area (Å²) in [5.41, 5.74) is 8.85. The second-order valence-electron chi connectivity index (χ2n) is 4.22. The molecule has 0 unspecified atom stereocenters. The lowest BCUT2D eigenvalue weighted by atomic mass is 10.2. The quantitative estimate of drug-likeness (QED) is 0.658. The highest BCUT2D eigenvalue weighted by Crippen LogP contribution is 2.15. The number of hydrogen-bond donors (Lipinski definition) is 2. The third-order valence-electron chi connectivity index (χ3n) is 2.57. The van der Waals surface area contributed by atoms with Crippen molar-refractivity contribution in [2.24, 2.45) is 10.8 Å². The van der Waals surface area contributed by atoms with E-state index in [1.807, 2.05) is 48.5 Å². The molecule has 3 N–H and O–H groups in total. The molecule has 0 bridgehead atoms. The number of halogens is 1. The smallest absolute Gasteiger partial charge is 0.332 e. The summed E-state index contributed by atoms with van der Waals surface area (Å²) in [6.45, 7) is 0.442. The van der Waals surface area contributed by atoms with Crippen LogP contribution in [0.5, 0.6) is 5.75 Å². The topological polar surface area (TPSA) is 76.7 Å². The molecule has 0 fully saturated rings. The predicted molar refractivity (Wildman–Crippen MR) is 82.5 cm³/mol. The van der Waals surface area contributed by atoms with E-state index in [9.17, 15) is 4.79 Å². The number of amides is 2. The molecule has 6 heteroatoms. The molecule has 108 valence electrons. The molecule has 0 spiro atoms. The molecule has 5 nitrogen and oxygen atoms in total. The largest absolute Gasteiger partial charge is 0.489 e. The van der Waals surface area contributed by atoms with Crippen LogP contribution in [-0.2, 0) is 6.61 Å². The first-order valence-electron chi connectivity index (χ1n) is 6.19. The first-order valence-corrected chi connectivity index (χ1v) is 6.57. The molecule has 0 atom stereocenters. The van der Waals surface area contributed by atoms with E-state index in [0.29, 0.717) is 17.4 Å². The number of hydrogen-bond acceptors (Lipinski definition) is 3. The molecule has 0 radical (unpaired) electrons. The highest BCUT2D eigenvalue weighted by atomic mass is 35.5. The number of carbonyl (C=O) groups is 1. The van der Waals surface area contributed by atoms with Gasteiger partial charge in [-0.05, 0) is 35.4 Å². The van der Waals surface area contributed by atoms with Crippen molar-refractivity contribution in [3.8, 4) is 5.75 Å². The van der Waals surface area contributed by atoms with Crippen molar-refractivity contribution in [2.45, 2.75) is 6.61 Å². The van der Waals surface area contributed by atoms with Crippen molar-refractivity contribution in [1.82, 2.24) is 5.43 Å². The summed E-state index contributed by atoms with van der Waals surface area (Å²) in [5.74, 6) is 0.702. The van der Waals surface area contributed by atoms with Gasteiger partial charge in [-0.1, -0.05) is 35.9 Å². The Labute approximate surface area is 127 Å². The van der Waals surface area contributed by atoms with Crippen LogP contribution in [0.25, 0.3) is 0 Å². The first kappa shape index (κ1) is 14.9. The third kappa shape index (κ3) is 5.16. The summed E-state index contributed by atoms with van der Waals surface area (Å²) in [5, 5.41) is 4.38. The summed E-state index contributed by atoms with van der Waals surface area (Å²) in [4.78, 5) is 10.5. The lowest BCUT2D eigenvalue weighted by Gasteiger charge is -2.07. The SMILES string of the molecule is NC(=O)N/N=C\c1cccc(OCc2ccc(Cl)cc2)c1. The molecule has 2 rings (SSSR count). The van der Waals surface area contributed by atoms with E-state index in [1.54, 1.807) is 0 Å². The number of urea groups is 1. The van der Waals surface area contributed by atoms with Gasteiger partial charge in [0, 0.05) is 5.02 Å². The minimum Gasteiger partial charge on any atom is -0.489 e. The van der Waals surface area contributed by atoms with Gasteiger partial charge in [-0.2, -0.15) is 5.10 Å². The minimum atomic E-state index is -0.707. The molecule has 2 amide bonds. The summed E-state index contributed by atoms with van der Waals surface area (Å²) < 4.78 is 5.68. The Bertz CT molecular complexity index is 642. The lowest BCUT2D eigenvalue weighted by molar-refractivity contribution is 0.249. The van der Waals surface area contributed by atoms with Gasteiger partial charge in [-0.3, -0.25) is 0 Å². The molecule has 0 saturated heterocycles. The van der Waals surface area contributed by atoms with Crippen LogP contribution in [0.3, 0.4) is 0 Å². The Kier molecular flexibility index (Phi) is 5.17. The minimum absolute atomic E-state index is 0.442. The fourth-order valence-electron chi connectivity index (χ4n) is 1.60. The van der Waals surface area contributed by atoms with Gasteiger partial charge >= 0.3 is 6.03 Å². The summed E-state index contributed by atoms with van der Waals surface area (Å²) >= 11 is 5.83. The fourth-order valence-corrected chi connectivity index (χ4v) is 1.73. The second kappa shape index (κ2) is 7.31. The maximum Gasteiger partial charge on any atom is 0.332 e. The fraction of sp³-hybridized carbons (Fsp3) is 0.0667. The number of benzene rings is 2. The van der Waals surface area contributed by atoms with Crippen LogP contribution in [0.4, 0.5) is 4.79 Å². The molecule has 0 heterocycles. The summed E-state index contributed by atoms with van der Waals surface area (Å²) in [7, 11) is 0. The zero-order valence-corrected chi connectivity index (χ0v) is 11.9. The van der Waals surface area contributed by atoms with E-state index in [2.05, 4.69) is 10.5 Å². The van der Waals surface area contributed by atoms with Crippen molar-refractivity contribution in [3.63, 3.8) is 0 Å². The number of nitrogens with zero attached hydrogens (tertiary/aromatic N) is 1. The van der Waals surface area contributed by atoms with E-state index < -0.39 is 6.03 Å². The summed E-state index contributed by atoms with van der Waals surface area (Å²) in [6.07, 6.45) is 1.49. The zero-order chi connectivity index (χ0) is 15.1. The van der Waals surface area contributed by atoms with Crippen LogP contribution in [0.1, 0.15) is 11.1 Å². The highest BCUT2D eigenvalue weighted by molar-refractivity contribution is 6.30. The Hall–Kier alpha value is -2.53. The standard InChI is InChI=1S/C15H14ClN3O2/c16-13-6-4-11(5-7-13)10-21-14-3-1-2-12(8-14)9-18-19-15(17)20/h1-9H,10H2,(H3,17,19,20)/b18-9-. The average molecular weight is 304 g/mol. The molecule has 2 aromatic rings. The number of hydrazone groups is 1. The van der Waals surface area contributed by atoms with Gasteiger partial charge in [0.25, 0.3) is 0 Å². The van der Waals surface area contributed by atoms with Gasteiger partial charge in [0.1, 0.15) is 12.4 Å². The number of nitrogens with one attached hydrogen (secondary N) is 1. The van der Waals surface area contributed by atoms with Gasteiger partial charge in [0.05, 0.1) is 6.21 Å². The van der Waals surface area contributed by atoms with Crippen LogP contribution >= 0.6 is 11.6 Å². The zero-order valence-electron chi connectivity index (χ0n) is 11.1. The van der Waals surface area contributed by atoms with Gasteiger partial charge in [0.15, 0.2) is 0 Å².